The molecule has 0 aliphatic carbocycles. The van der Waals surface area contributed by atoms with Gasteiger partial charge in [0.15, 0.2) is 0 Å². The average molecular weight is 247 g/mol. The van der Waals surface area contributed by atoms with E-state index in [-0.39, 0.29) is 5.02 Å². The van der Waals surface area contributed by atoms with Crippen LogP contribution in [0.5, 0.6) is 0 Å². The molecular formula is C11H12ClFOS. The van der Waals surface area contributed by atoms with Crippen LogP contribution in [0.4, 0.5) is 4.39 Å². The number of thioether (sulfide) groups is 1. The largest absolute Gasteiger partial charge is 0.389 e. The first kappa shape index (κ1) is 11.2. The van der Waals surface area contributed by atoms with Crippen LogP contribution in [0.25, 0.3) is 0 Å². The zero-order valence-corrected chi connectivity index (χ0v) is 9.74. The predicted molar refractivity (Wildman–Crippen MR) is 62.0 cm³/mol. The maximum Gasteiger partial charge on any atom is 0.141 e. The lowest BCUT2D eigenvalue weighted by Crippen LogP contribution is -2.30. The molecule has 1 heterocycles. The van der Waals surface area contributed by atoms with Crippen molar-refractivity contribution < 1.29 is 9.50 Å². The Morgan fingerprint density at radius 1 is 1.53 bits per heavy atom. The highest BCUT2D eigenvalue weighted by molar-refractivity contribution is 7.99. The zero-order chi connectivity index (χ0) is 10.9. The van der Waals surface area contributed by atoms with Crippen molar-refractivity contribution in [1.82, 2.24) is 0 Å². The van der Waals surface area contributed by atoms with Crippen molar-refractivity contribution in [2.75, 3.05) is 11.5 Å². The first-order valence-corrected chi connectivity index (χ1v) is 6.36. The Morgan fingerprint density at radius 2 is 2.33 bits per heavy atom. The molecule has 1 saturated heterocycles. The van der Waals surface area contributed by atoms with Gasteiger partial charge in [-0.3, -0.25) is 0 Å². The van der Waals surface area contributed by atoms with Gasteiger partial charge in [0.05, 0.1) is 10.6 Å². The molecule has 1 nitrogen and oxygen atoms in total. The van der Waals surface area contributed by atoms with Crippen LogP contribution < -0.4 is 0 Å². The molecule has 1 aromatic carbocycles. The van der Waals surface area contributed by atoms with Crippen molar-refractivity contribution in [2.45, 2.75) is 18.4 Å². The molecule has 2 rings (SSSR count). The van der Waals surface area contributed by atoms with E-state index in [1.807, 2.05) is 0 Å². The molecule has 1 unspecified atom stereocenters. The molecule has 1 N–H and O–H groups in total. The van der Waals surface area contributed by atoms with Gasteiger partial charge in [0, 0.05) is 12.2 Å². The van der Waals surface area contributed by atoms with Crippen LogP contribution in [0.1, 0.15) is 12.0 Å². The molecule has 1 fully saturated rings. The Hall–Kier alpha value is -0.250. The summed E-state index contributed by atoms with van der Waals surface area (Å²) in [5, 5.41) is 10.3. The van der Waals surface area contributed by atoms with Crippen molar-refractivity contribution in [2.24, 2.45) is 0 Å². The normalized spacial score (nSPS) is 25.8. The van der Waals surface area contributed by atoms with Gasteiger partial charge in [-0.25, -0.2) is 4.39 Å². The van der Waals surface area contributed by atoms with Crippen LogP contribution in [0.3, 0.4) is 0 Å². The summed E-state index contributed by atoms with van der Waals surface area (Å²) < 4.78 is 12.9. The van der Waals surface area contributed by atoms with Gasteiger partial charge in [-0.1, -0.05) is 17.7 Å². The predicted octanol–water partition coefficient (Wildman–Crippen LogP) is 2.89. The minimum absolute atomic E-state index is 0.127. The van der Waals surface area contributed by atoms with Gasteiger partial charge in [0.25, 0.3) is 0 Å². The van der Waals surface area contributed by atoms with Crippen molar-refractivity contribution in [3.63, 3.8) is 0 Å². The third-order valence-electron chi connectivity index (χ3n) is 2.60. The summed E-state index contributed by atoms with van der Waals surface area (Å²) in [4.78, 5) is 0. The number of halogens is 2. The lowest BCUT2D eigenvalue weighted by molar-refractivity contribution is 0.0686. The lowest BCUT2D eigenvalue weighted by atomic mass is 9.94. The van der Waals surface area contributed by atoms with E-state index in [0.717, 1.165) is 23.5 Å². The third kappa shape index (κ3) is 2.65. The number of rotatable bonds is 2. The highest BCUT2D eigenvalue weighted by Gasteiger charge is 2.31. The number of aliphatic hydroxyl groups is 1. The second-order valence-electron chi connectivity index (χ2n) is 3.95. The maximum absolute atomic E-state index is 12.9. The molecule has 0 saturated carbocycles. The quantitative estimate of drug-likeness (QED) is 0.866. The van der Waals surface area contributed by atoms with Crippen molar-refractivity contribution in [3.8, 4) is 0 Å². The molecule has 1 aliphatic heterocycles. The van der Waals surface area contributed by atoms with Gasteiger partial charge in [0.2, 0.25) is 0 Å². The Labute approximate surface area is 97.6 Å². The van der Waals surface area contributed by atoms with E-state index in [1.165, 1.54) is 6.07 Å². The molecule has 82 valence electrons. The van der Waals surface area contributed by atoms with E-state index in [0.29, 0.717) is 6.42 Å². The number of hydrogen-bond donors (Lipinski definition) is 1. The fourth-order valence-corrected chi connectivity index (χ4v) is 3.26. The Kier molecular flexibility index (Phi) is 3.24. The summed E-state index contributed by atoms with van der Waals surface area (Å²) in [7, 11) is 0. The molecule has 0 aromatic heterocycles. The van der Waals surface area contributed by atoms with Gasteiger partial charge in [-0.05, 0) is 29.9 Å². The monoisotopic (exact) mass is 246 g/mol. The molecule has 1 aromatic rings. The molecule has 0 spiro atoms. The zero-order valence-electron chi connectivity index (χ0n) is 8.17. The van der Waals surface area contributed by atoms with Gasteiger partial charge < -0.3 is 5.11 Å². The Balaban J connectivity index is 2.13. The fourth-order valence-electron chi connectivity index (χ4n) is 1.77. The molecule has 1 atom stereocenters. The average Bonchev–Trinajstić information content (AvgIpc) is 2.59. The smallest absolute Gasteiger partial charge is 0.141 e. The first-order valence-electron chi connectivity index (χ1n) is 4.83. The summed E-state index contributed by atoms with van der Waals surface area (Å²) in [5.74, 6) is 1.33. The third-order valence-corrected chi connectivity index (χ3v) is 4.12. The summed E-state index contributed by atoms with van der Waals surface area (Å²) in [6.45, 7) is 0. The molecule has 1 aliphatic rings. The standard InChI is InChI=1S/C11H12ClFOS/c12-9-5-8(1-2-10(9)13)6-11(14)3-4-15-7-11/h1-2,5,14H,3-4,6-7H2. The van der Waals surface area contributed by atoms with Crippen LogP contribution in [0.15, 0.2) is 18.2 Å². The maximum atomic E-state index is 12.9. The van der Waals surface area contributed by atoms with Crippen molar-refractivity contribution >= 4 is 23.4 Å². The van der Waals surface area contributed by atoms with Crippen LogP contribution >= 0.6 is 23.4 Å². The molecule has 0 radical (unpaired) electrons. The SMILES string of the molecule is OC1(Cc2ccc(F)c(Cl)c2)CCSC1. The topological polar surface area (TPSA) is 20.2 Å². The van der Waals surface area contributed by atoms with Gasteiger partial charge in [-0.2, -0.15) is 11.8 Å². The Morgan fingerprint density at radius 3 is 2.93 bits per heavy atom. The number of hydrogen-bond acceptors (Lipinski definition) is 2. The lowest BCUT2D eigenvalue weighted by Gasteiger charge is -2.21. The molecule has 15 heavy (non-hydrogen) atoms. The molecular weight excluding hydrogens is 235 g/mol. The van der Waals surface area contributed by atoms with E-state index in [2.05, 4.69) is 0 Å². The van der Waals surface area contributed by atoms with Crippen LogP contribution in [-0.4, -0.2) is 22.2 Å². The summed E-state index contributed by atoms with van der Waals surface area (Å²) >= 11 is 7.43. The van der Waals surface area contributed by atoms with Crippen molar-refractivity contribution in [3.05, 3.63) is 34.6 Å². The second kappa shape index (κ2) is 4.32. The van der Waals surface area contributed by atoms with E-state index < -0.39 is 11.4 Å². The van der Waals surface area contributed by atoms with Gasteiger partial charge in [-0.15, -0.1) is 0 Å². The Bertz CT molecular complexity index is 364. The molecule has 0 bridgehead atoms. The van der Waals surface area contributed by atoms with Crippen molar-refractivity contribution in [1.29, 1.82) is 0 Å². The van der Waals surface area contributed by atoms with Gasteiger partial charge in [0.1, 0.15) is 5.82 Å². The molecule has 4 heteroatoms. The summed E-state index contributed by atoms with van der Waals surface area (Å²) in [6, 6.07) is 4.63. The highest BCUT2D eigenvalue weighted by Crippen LogP contribution is 2.31. The van der Waals surface area contributed by atoms with Crippen LogP contribution in [0, 0.1) is 5.82 Å². The van der Waals surface area contributed by atoms with Gasteiger partial charge >= 0.3 is 0 Å². The minimum Gasteiger partial charge on any atom is -0.389 e. The summed E-state index contributed by atoms with van der Waals surface area (Å²) in [5.41, 5.74) is 0.262. The fraction of sp³-hybridized carbons (Fsp3) is 0.455. The highest BCUT2D eigenvalue weighted by atomic mass is 35.5. The molecule has 0 amide bonds. The number of benzene rings is 1. The van der Waals surface area contributed by atoms with E-state index in [4.69, 9.17) is 11.6 Å². The van der Waals surface area contributed by atoms with Crippen LogP contribution in [-0.2, 0) is 6.42 Å². The first-order chi connectivity index (χ1) is 7.09. The van der Waals surface area contributed by atoms with E-state index in [1.54, 1.807) is 23.9 Å². The van der Waals surface area contributed by atoms with E-state index >= 15 is 0 Å². The minimum atomic E-state index is -0.633. The van der Waals surface area contributed by atoms with E-state index in [9.17, 15) is 9.50 Å². The second-order valence-corrected chi connectivity index (χ2v) is 5.46. The van der Waals surface area contributed by atoms with Crippen LogP contribution in [0.2, 0.25) is 5.02 Å². The summed E-state index contributed by atoms with van der Waals surface area (Å²) in [6.07, 6.45) is 1.35.